The topological polar surface area (TPSA) is 25.8 Å². The maximum atomic E-state index is 11.9. The van der Waals surface area contributed by atoms with Gasteiger partial charge in [-0.3, -0.25) is 0 Å². The van der Waals surface area contributed by atoms with Crippen LogP contribution >= 0.6 is 0 Å². The third-order valence-electron chi connectivity index (χ3n) is 1.08. The van der Waals surface area contributed by atoms with Gasteiger partial charge in [-0.1, -0.05) is 13.8 Å². The summed E-state index contributed by atoms with van der Waals surface area (Å²) < 4.78 is 35.6. The Morgan fingerprint density at radius 2 is 1.77 bits per heavy atom. The normalized spacial score (nSPS) is 10.3. The molecule has 0 unspecified atom stereocenters. The zero-order chi connectivity index (χ0) is 10.5. The van der Waals surface area contributed by atoms with Crippen LogP contribution in [0.3, 0.4) is 0 Å². The number of rotatable bonds is 0. The number of hydrogen-bond acceptors (Lipinski definition) is 2. The summed E-state index contributed by atoms with van der Waals surface area (Å²) in [6.07, 6.45) is -3.12. The molecule has 0 spiro atoms. The van der Waals surface area contributed by atoms with Gasteiger partial charge in [0.2, 0.25) is 0 Å². The molecule has 0 aliphatic heterocycles. The molecule has 5 heteroatoms. The molecule has 0 radical (unpaired) electrons. The zero-order valence-corrected chi connectivity index (χ0v) is 7.68. The van der Waals surface area contributed by atoms with Gasteiger partial charge in [-0.25, -0.2) is 0 Å². The quantitative estimate of drug-likeness (QED) is 0.631. The van der Waals surface area contributed by atoms with Gasteiger partial charge < -0.3 is 0 Å². The highest BCUT2D eigenvalue weighted by atomic mass is 19.4. The lowest BCUT2D eigenvalue weighted by atomic mass is 10.3. The Kier molecular flexibility index (Phi) is 4.37. The molecule has 1 heterocycles. The lowest BCUT2D eigenvalue weighted by molar-refractivity contribution is -0.141. The van der Waals surface area contributed by atoms with Crippen molar-refractivity contribution in [2.24, 2.45) is 0 Å². The van der Waals surface area contributed by atoms with Crippen molar-refractivity contribution in [3.63, 3.8) is 0 Å². The predicted octanol–water partition coefficient (Wildman–Crippen LogP) is 2.83. The van der Waals surface area contributed by atoms with Crippen molar-refractivity contribution in [2.45, 2.75) is 26.9 Å². The van der Waals surface area contributed by atoms with Gasteiger partial charge in [-0.05, 0) is 18.6 Å². The minimum Gasteiger partial charge on any atom is -0.164 e. The van der Waals surface area contributed by atoms with Crippen LogP contribution in [0.15, 0.2) is 12.3 Å². The van der Waals surface area contributed by atoms with E-state index in [-0.39, 0.29) is 0 Å². The number of aryl methyl sites for hydroxylation is 1. The number of aromatic nitrogens is 2. The molecule has 1 aromatic heterocycles. The summed E-state index contributed by atoms with van der Waals surface area (Å²) in [6.45, 7) is 5.53. The maximum Gasteiger partial charge on any atom is 0.435 e. The highest BCUT2D eigenvalue weighted by Gasteiger charge is 2.32. The molecule has 0 amide bonds. The van der Waals surface area contributed by atoms with Crippen LogP contribution < -0.4 is 0 Å². The van der Waals surface area contributed by atoms with Crippen LogP contribution in [0, 0.1) is 6.92 Å². The molecule has 2 nitrogen and oxygen atoms in total. The first-order valence-electron chi connectivity index (χ1n) is 3.86. The second-order valence-corrected chi connectivity index (χ2v) is 2.12. The maximum absolute atomic E-state index is 11.9. The van der Waals surface area contributed by atoms with Gasteiger partial charge >= 0.3 is 6.18 Å². The van der Waals surface area contributed by atoms with Crippen molar-refractivity contribution in [3.05, 3.63) is 23.5 Å². The largest absolute Gasteiger partial charge is 0.435 e. The minimum atomic E-state index is -4.39. The molecule has 13 heavy (non-hydrogen) atoms. The average Bonchev–Trinajstić information content (AvgIpc) is 2.06. The van der Waals surface area contributed by atoms with E-state index in [4.69, 9.17) is 0 Å². The van der Waals surface area contributed by atoms with E-state index in [9.17, 15) is 13.2 Å². The first kappa shape index (κ1) is 11.9. The fourth-order valence-electron chi connectivity index (χ4n) is 0.602. The van der Waals surface area contributed by atoms with Gasteiger partial charge in [0.1, 0.15) is 0 Å². The summed E-state index contributed by atoms with van der Waals surface area (Å²) >= 11 is 0. The van der Waals surface area contributed by atoms with Gasteiger partial charge in [-0.15, -0.1) is 5.10 Å². The van der Waals surface area contributed by atoms with Gasteiger partial charge in [0.25, 0.3) is 0 Å². The van der Waals surface area contributed by atoms with Crippen molar-refractivity contribution < 1.29 is 13.2 Å². The number of hydrogen-bond donors (Lipinski definition) is 0. The number of halogens is 3. The summed E-state index contributed by atoms with van der Waals surface area (Å²) in [5.41, 5.74) is -0.496. The molecule has 0 bridgehead atoms. The average molecular weight is 192 g/mol. The van der Waals surface area contributed by atoms with E-state index in [1.807, 2.05) is 13.8 Å². The Balaban J connectivity index is 0.000000671. The van der Waals surface area contributed by atoms with E-state index < -0.39 is 11.9 Å². The molecule has 74 valence electrons. The lowest BCUT2D eigenvalue weighted by Gasteiger charge is -2.03. The number of nitrogens with zero attached hydrogens (tertiary/aromatic N) is 2. The molecular weight excluding hydrogens is 181 g/mol. The minimum absolute atomic E-state index is 0.451. The Morgan fingerprint density at radius 1 is 1.23 bits per heavy atom. The Labute approximate surface area is 74.8 Å². The van der Waals surface area contributed by atoms with Crippen molar-refractivity contribution >= 4 is 0 Å². The molecule has 1 aromatic rings. The fourth-order valence-corrected chi connectivity index (χ4v) is 0.602. The van der Waals surface area contributed by atoms with Crippen molar-refractivity contribution in [1.29, 1.82) is 0 Å². The first-order valence-corrected chi connectivity index (χ1v) is 3.86. The van der Waals surface area contributed by atoms with Crippen molar-refractivity contribution in [3.8, 4) is 0 Å². The summed E-state index contributed by atoms with van der Waals surface area (Å²) in [5.74, 6) is 0. The molecule has 0 saturated heterocycles. The Bertz CT molecular complexity index is 258. The van der Waals surface area contributed by atoms with E-state index >= 15 is 0 Å². The molecule has 0 fully saturated rings. The van der Waals surface area contributed by atoms with Crippen LogP contribution in [0.2, 0.25) is 0 Å². The van der Waals surface area contributed by atoms with Gasteiger partial charge in [0.05, 0.1) is 6.20 Å². The van der Waals surface area contributed by atoms with Crippen molar-refractivity contribution in [2.75, 3.05) is 0 Å². The van der Waals surface area contributed by atoms with Crippen LogP contribution in [0.25, 0.3) is 0 Å². The molecule has 0 aliphatic carbocycles. The van der Waals surface area contributed by atoms with E-state index in [1.165, 1.54) is 13.1 Å². The van der Waals surface area contributed by atoms with E-state index in [2.05, 4.69) is 10.2 Å². The van der Waals surface area contributed by atoms with Crippen LogP contribution in [0.1, 0.15) is 25.1 Å². The number of alkyl halides is 3. The Hall–Kier alpha value is -1.13. The Morgan fingerprint density at radius 3 is 2.08 bits per heavy atom. The van der Waals surface area contributed by atoms with Crippen LogP contribution in [-0.2, 0) is 6.18 Å². The highest BCUT2D eigenvalue weighted by Crippen LogP contribution is 2.26. The van der Waals surface area contributed by atoms with E-state index in [1.54, 1.807) is 0 Å². The summed E-state index contributed by atoms with van der Waals surface area (Å²) in [5, 5.41) is 6.12. The molecule has 0 atom stereocenters. The molecule has 0 aromatic carbocycles. The van der Waals surface area contributed by atoms with E-state index in [0.717, 1.165) is 6.07 Å². The monoisotopic (exact) mass is 192 g/mol. The lowest BCUT2D eigenvalue weighted by Crippen LogP contribution is -2.08. The van der Waals surface area contributed by atoms with Crippen LogP contribution in [-0.4, -0.2) is 10.2 Å². The van der Waals surface area contributed by atoms with Gasteiger partial charge in [-0.2, -0.15) is 18.3 Å². The molecular formula is C8H11F3N2. The standard InChI is InChI=1S/C6H5F3N2.C2H6/c1-4-2-5(6(7,8)9)11-10-3-4;1-2/h2-3H,1H3;1-2H3. The predicted molar refractivity (Wildman–Crippen MR) is 43.1 cm³/mol. The third-order valence-corrected chi connectivity index (χ3v) is 1.08. The first-order chi connectivity index (χ1) is 6.00. The highest BCUT2D eigenvalue weighted by molar-refractivity contribution is 5.12. The summed E-state index contributed by atoms with van der Waals surface area (Å²) in [4.78, 5) is 0. The van der Waals surface area contributed by atoms with Gasteiger partial charge in [0, 0.05) is 0 Å². The third kappa shape index (κ3) is 3.87. The zero-order valence-electron chi connectivity index (χ0n) is 7.68. The van der Waals surface area contributed by atoms with Crippen molar-refractivity contribution in [1.82, 2.24) is 10.2 Å². The molecule has 1 rings (SSSR count). The molecule has 0 saturated carbocycles. The van der Waals surface area contributed by atoms with Gasteiger partial charge in [0.15, 0.2) is 5.69 Å². The second kappa shape index (κ2) is 4.79. The van der Waals surface area contributed by atoms with E-state index in [0.29, 0.717) is 5.56 Å². The molecule has 0 N–H and O–H groups in total. The summed E-state index contributed by atoms with van der Waals surface area (Å²) in [6, 6.07) is 0.951. The SMILES string of the molecule is CC.Cc1cnnc(C(F)(F)F)c1. The fraction of sp³-hybridized carbons (Fsp3) is 0.500. The van der Waals surface area contributed by atoms with Crippen LogP contribution in [0.5, 0.6) is 0 Å². The van der Waals surface area contributed by atoms with Crippen LogP contribution in [0.4, 0.5) is 13.2 Å². The molecule has 0 aliphatic rings. The second-order valence-electron chi connectivity index (χ2n) is 2.12. The smallest absolute Gasteiger partial charge is 0.164 e. The summed E-state index contributed by atoms with van der Waals surface area (Å²) in [7, 11) is 0.